The molecule has 1 aromatic heterocycles. The van der Waals surface area contributed by atoms with Gasteiger partial charge in [0.15, 0.2) is 0 Å². The fourth-order valence-corrected chi connectivity index (χ4v) is 2.00. The second-order valence-electron chi connectivity index (χ2n) is 4.39. The third kappa shape index (κ3) is 3.11. The number of hydrogen-bond donors (Lipinski definition) is 1. The Morgan fingerprint density at radius 1 is 1.45 bits per heavy atom. The van der Waals surface area contributed by atoms with E-state index in [-0.39, 0.29) is 5.56 Å². The molecule has 0 saturated heterocycles. The van der Waals surface area contributed by atoms with Gasteiger partial charge in [-0.2, -0.15) is 5.10 Å². The smallest absolute Gasteiger partial charge is 0.335 e. The SMILES string of the molecule is Cc1nn(CCOc2cccc(C(=O)O)c2)c(C)c1Cl. The minimum Gasteiger partial charge on any atom is -0.492 e. The van der Waals surface area contributed by atoms with Crippen molar-refractivity contribution in [2.24, 2.45) is 0 Å². The molecule has 0 aliphatic carbocycles. The summed E-state index contributed by atoms with van der Waals surface area (Å²) in [5.74, 6) is -0.446. The van der Waals surface area contributed by atoms with Crippen molar-refractivity contribution in [2.45, 2.75) is 20.4 Å². The highest BCUT2D eigenvalue weighted by Crippen LogP contribution is 2.19. The van der Waals surface area contributed by atoms with Gasteiger partial charge in [-0.15, -0.1) is 0 Å². The molecule has 2 aromatic rings. The molecule has 5 nitrogen and oxygen atoms in total. The average Bonchev–Trinajstić information content (AvgIpc) is 2.67. The number of aromatic carboxylic acids is 1. The van der Waals surface area contributed by atoms with E-state index in [0.29, 0.717) is 23.9 Å². The molecule has 106 valence electrons. The Balaban J connectivity index is 1.97. The van der Waals surface area contributed by atoms with E-state index >= 15 is 0 Å². The van der Waals surface area contributed by atoms with Crippen LogP contribution in [-0.2, 0) is 6.54 Å². The first-order valence-electron chi connectivity index (χ1n) is 6.14. The lowest BCUT2D eigenvalue weighted by Crippen LogP contribution is -2.11. The molecule has 0 aliphatic rings. The quantitative estimate of drug-likeness (QED) is 0.921. The van der Waals surface area contributed by atoms with Gasteiger partial charge in [0.1, 0.15) is 12.4 Å². The van der Waals surface area contributed by atoms with Crippen molar-refractivity contribution < 1.29 is 14.6 Å². The first kappa shape index (κ1) is 14.4. The van der Waals surface area contributed by atoms with Gasteiger partial charge in [-0.3, -0.25) is 4.68 Å². The van der Waals surface area contributed by atoms with Gasteiger partial charge >= 0.3 is 5.97 Å². The molecule has 0 fully saturated rings. The molecule has 0 spiro atoms. The van der Waals surface area contributed by atoms with Crippen molar-refractivity contribution in [3.8, 4) is 5.75 Å². The Kier molecular flexibility index (Phi) is 4.29. The molecule has 2 rings (SSSR count). The topological polar surface area (TPSA) is 64.4 Å². The Morgan fingerprint density at radius 3 is 2.80 bits per heavy atom. The third-order valence-corrected chi connectivity index (χ3v) is 3.49. The molecule has 1 heterocycles. The van der Waals surface area contributed by atoms with Crippen molar-refractivity contribution in [2.75, 3.05) is 6.61 Å². The van der Waals surface area contributed by atoms with Gasteiger partial charge in [-0.05, 0) is 32.0 Å². The Morgan fingerprint density at radius 2 is 2.20 bits per heavy atom. The van der Waals surface area contributed by atoms with E-state index in [1.807, 2.05) is 13.8 Å². The van der Waals surface area contributed by atoms with Gasteiger partial charge in [0.05, 0.1) is 28.5 Å². The van der Waals surface area contributed by atoms with Crippen LogP contribution in [0.25, 0.3) is 0 Å². The number of ether oxygens (including phenoxy) is 1. The normalized spacial score (nSPS) is 10.6. The average molecular weight is 295 g/mol. The standard InChI is InChI=1S/C14H15ClN2O3/c1-9-13(15)10(2)17(16-9)6-7-20-12-5-3-4-11(8-12)14(18)19/h3-5,8H,6-7H2,1-2H3,(H,18,19). The highest BCUT2D eigenvalue weighted by Gasteiger charge is 2.09. The van der Waals surface area contributed by atoms with E-state index in [4.69, 9.17) is 21.4 Å². The van der Waals surface area contributed by atoms with E-state index in [0.717, 1.165) is 11.4 Å². The monoisotopic (exact) mass is 294 g/mol. The number of aryl methyl sites for hydroxylation is 1. The van der Waals surface area contributed by atoms with Gasteiger partial charge in [0.2, 0.25) is 0 Å². The molecule has 6 heteroatoms. The maximum absolute atomic E-state index is 10.8. The van der Waals surface area contributed by atoms with Crippen molar-refractivity contribution in [3.63, 3.8) is 0 Å². The number of aromatic nitrogens is 2. The fraction of sp³-hybridized carbons (Fsp3) is 0.286. The summed E-state index contributed by atoms with van der Waals surface area (Å²) in [5.41, 5.74) is 1.89. The number of halogens is 1. The molecule has 1 aromatic carbocycles. The Labute approximate surface area is 121 Å². The van der Waals surface area contributed by atoms with Gasteiger partial charge in [-0.1, -0.05) is 17.7 Å². The molecule has 0 amide bonds. The van der Waals surface area contributed by atoms with Crippen LogP contribution < -0.4 is 4.74 Å². The first-order valence-corrected chi connectivity index (χ1v) is 6.52. The number of carboxylic acids is 1. The van der Waals surface area contributed by atoms with E-state index < -0.39 is 5.97 Å². The summed E-state index contributed by atoms with van der Waals surface area (Å²) < 4.78 is 7.31. The predicted molar refractivity (Wildman–Crippen MR) is 75.6 cm³/mol. The lowest BCUT2D eigenvalue weighted by atomic mass is 10.2. The van der Waals surface area contributed by atoms with Crippen LogP contribution in [0, 0.1) is 13.8 Å². The Hall–Kier alpha value is -2.01. The number of carboxylic acid groups (broad SMARTS) is 1. The third-order valence-electron chi connectivity index (χ3n) is 2.95. The largest absolute Gasteiger partial charge is 0.492 e. The summed E-state index contributed by atoms with van der Waals surface area (Å²) >= 11 is 6.06. The maximum Gasteiger partial charge on any atom is 0.335 e. The molecule has 0 saturated carbocycles. The summed E-state index contributed by atoms with van der Waals surface area (Å²) in [4.78, 5) is 10.8. The van der Waals surface area contributed by atoms with Crippen LogP contribution in [0.4, 0.5) is 0 Å². The highest BCUT2D eigenvalue weighted by atomic mass is 35.5. The lowest BCUT2D eigenvalue weighted by molar-refractivity contribution is 0.0696. The minimum atomic E-state index is -0.972. The molecule has 0 atom stereocenters. The molecule has 0 unspecified atom stereocenters. The van der Waals surface area contributed by atoms with Crippen LogP contribution in [0.15, 0.2) is 24.3 Å². The van der Waals surface area contributed by atoms with Crippen molar-refractivity contribution in [1.29, 1.82) is 0 Å². The fourth-order valence-electron chi connectivity index (χ4n) is 1.86. The second-order valence-corrected chi connectivity index (χ2v) is 4.77. The van der Waals surface area contributed by atoms with Gasteiger partial charge in [0.25, 0.3) is 0 Å². The number of nitrogens with zero attached hydrogens (tertiary/aromatic N) is 2. The van der Waals surface area contributed by atoms with E-state index in [1.165, 1.54) is 12.1 Å². The van der Waals surface area contributed by atoms with Gasteiger partial charge in [0, 0.05) is 0 Å². The zero-order chi connectivity index (χ0) is 14.7. The zero-order valence-corrected chi connectivity index (χ0v) is 12.0. The number of carbonyl (C=O) groups is 1. The summed E-state index contributed by atoms with van der Waals surface area (Å²) in [6.45, 7) is 4.69. The second kappa shape index (κ2) is 5.96. The van der Waals surface area contributed by atoms with Crippen LogP contribution in [0.3, 0.4) is 0 Å². The molecule has 1 N–H and O–H groups in total. The van der Waals surface area contributed by atoms with Crippen LogP contribution in [-0.4, -0.2) is 27.5 Å². The number of benzene rings is 1. The van der Waals surface area contributed by atoms with Crippen LogP contribution >= 0.6 is 11.6 Å². The number of rotatable bonds is 5. The van der Waals surface area contributed by atoms with E-state index in [9.17, 15) is 4.79 Å². The predicted octanol–water partition coefficient (Wildman–Crippen LogP) is 2.93. The van der Waals surface area contributed by atoms with Crippen LogP contribution in [0.2, 0.25) is 5.02 Å². The van der Waals surface area contributed by atoms with Crippen molar-refractivity contribution in [3.05, 3.63) is 46.2 Å². The maximum atomic E-state index is 10.8. The summed E-state index contributed by atoms with van der Waals surface area (Å²) in [6, 6.07) is 6.39. The molecule has 0 radical (unpaired) electrons. The van der Waals surface area contributed by atoms with E-state index in [1.54, 1.807) is 16.8 Å². The highest BCUT2D eigenvalue weighted by molar-refractivity contribution is 6.31. The zero-order valence-electron chi connectivity index (χ0n) is 11.3. The Bertz CT molecular complexity index is 637. The molecule has 0 aliphatic heterocycles. The molecule has 20 heavy (non-hydrogen) atoms. The summed E-state index contributed by atoms with van der Waals surface area (Å²) in [7, 11) is 0. The number of hydrogen-bond acceptors (Lipinski definition) is 3. The minimum absolute atomic E-state index is 0.205. The molecular formula is C14H15ClN2O3. The van der Waals surface area contributed by atoms with Crippen LogP contribution in [0.5, 0.6) is 5.75 Å². The molecular weight excluding hydrogens is 280 g/mol. The first-order chi connectivity index (χ1) is 9.49. The van der Waals surface area contributed by atoms with Crippen molar-refractivity contribution in [1.82, 2.24) is 9.78 Å². The summed E-state index contributed by atoms with van der Waals surface area (Å²) in [5, 5.41) is 13.9. The van der Waals surface area contributed by atoms with E-state index in [2.05, 4.69) is 5.10 Å². The molecule has 0 bridgehead atoms. The van der Waals surface area contributed by atoms with Crippen molar-refractivity contribution >= 4 is 17.6 Å². The summed E-state index contributed by atoms with van der Waals surface area (Å²) in [6.07, 6.45) is 0. The van der Waals surface area contributed by atoms with Crippen LogP contribution in [0.1, 0.15) is 21.7 Å². The lowest BCUT2D eigenvalue weighted by Gasteiger charge is -2.08. The van der Waals surface area contributed by atoms with Gasteiger partial charge in [-0.25, -0.2) is 4.79 Å². The van der Waals surface area contributed by atoms with Gasteiger partial charge < -0.3 is 9.84 Å².